The van der Waals surface area contributed by atoms with Crippen molar-refractivity contribution >= 4 is 5.97 Å². The van der Waals surface area contributed by atoms with E-state index in [0.29, 0.717) is 17.9 Å². The maximum Gasteiger partial charge on any atom is 0.310 e. The molecule has 1 aromatic heterocycles. The van der Waals surface area contributed by atoms with E-state index in [-0.39, 0.29) is 24.5 Å². The first-order chi connectivity index (χ1) is 17.4. The predicted octanol–water partition coefficient (Wildman–Crippen LogP) is 2.96. The second-order valence-corrected chi connectivity index (χ2v) is 9.06. The number of carbonyl (C=O) groups is 1. The van der Waals surface area contributed by atoms with Gasteiger partial charge in [0.1, 0.15) is 0 Å². The van der Waals surface area contributed by atoms with Crippen molar-refractivity contribution in [3.8, 4) is 11.3 Å². The van der Waals surface area contributed by atoms with E-state index in [1.165, 1.54) is 22.9 Å². The molecule has 1 aliphatic heterocycles. The maximum atomic E-state index is 13.6. The van der Waals surface area contributed by atoms with E-state index in [1.54, 1.807) is 0 Å². The summed E-state index contributed by atoms with van der Waals surface area (Å²) in [5, 5.41) is 4.31. The third-order valence-corrected chi connectivity index (χ3v) is 6.23. The first-order valence-electron chi connectivity index (χ1n) is 12.1. The molecule has 4 rings (SSSR count). The molecular weight excluding hydrogens is 466 g/mol. The van der Waals surface area contributed by atoms with Crippen LogP contribution in [0.25, 0.3) is 11.3 Å². The quantitative estimate of drug-likeness (QED) is 0.335. The van der Waals surface area contributed by atoms with Crippen LogP contribution >= 0.6 is 0 Å². The number of likely N-dealkylation sites (N-methyl/N-ethyl adjacent to an activating group) is 1. The largest absolute Gasteiger partial charge is 0.465 e. The molecule has 2 heterocycles. The minimum atomic E-state index is -0.981. The summed E-state index contributed by atoms with van der Waals surface area (Å²) >= 11 is 0. The van der Waals surface area contributed by atoms with Gasteiger partial charge < -0.3 is 14.5 Å². The number of rotatable bonds is 9. The summed E-state index contributed by atoms with van der Waals surface area (Å²) in [5.41, 5.74) is 1.96. The van der Waals surface area contributed by atoms with Crippen LogP contribution in [0.15, 0.2) is 59.4 Å². The molecule has 190 valence electrons. The summed E-state index contributed by atoms with van der Waals surface area (Å²) in [6.07, 6.45) is 0.942. The van der Waals surface area contributed by atoms with Crippen molar-refractivity contribution in [3.05, 3.63) is 87.7 Å². The molecule has 0 spiro atoms. The molecule has 3 aromatic rings. The van der Waals surface area contributed by atoms with Crippen LogP contribution in [0.2, 0.25) is 0 Å². The fourth-order valence-corrected chi connectivity index (χ4v) is 4.15. The Kier molecular flexibility index (Phi) is 8.56. The molecule has 0 radical (unpaired) electrons. The lowest BCUT2D eigenvalue weighted by molar-refractivity contribution is -0.143. The summed E-state index contributed by atoms with van der Waals surface area (Å²) in [6.45, 7) is 5.69. The van der Waals surface area contributed by atoms with Crippen LogP contribution in [0, 0.1) is 11.6 Å². The average molecular weight is 497 g/mol. The Morgan fingerprint density at radius 3 is 2.53 bits per heavy atom. The highest BCUT2D eigenvalue weighted by atomic mass is 19.2. The smallest absolute Gasteiger partial charge is 0.310 e. The summed E-state index contributed by atoms with van der Waals surface area (Å²) in [7, 11) is 2.12. The highest BCUT2D eigenvalue weighted by Gasteiger charge is 2.14. The first kappa shape index (κ1) is 25.7. The molecule has 0 amide bonds. The molecule has 0 bridgehead atoms. The highest BCUT2D eigenvalue weighted by Crippen LogP contribution is 2.19. The normalized spacial score (nSPS) is 14.6. The monoisotopic (exact) mass is 496 g/mol. The summed E-state index contributed by atoms with van der Waals surface area (Å²) in [5.74, 6) is -2.22. The lowest BCUT2D eigenvalue weighted by atomic mass is 10.1. The molecule has 0 saturated carbocycles. The van der Waals surface area contributed by atoms with E-state index >= 15 is 0 Å². The van der Waals surface area contributed by atoms with E-state index in [9.17, 15) is 18.4 Å². The van der Waals surface area contributed by atoms with Crippen molar-refractivity contribution < 1.29 is 18.3 Å². The molecule has 1 fully saturated rings. The van der Waals surface area contributed by atoms with Gasteiger partial charge in [0.2, 0.25) is 0 Å². The molecule has 0 aliphatic carbocycles. The van der Waals surface area contributed by atoms with Crippen molar-refractivity contribution in [2.45, 2.75) is 19.4 Å². The predicted molar refractivity (Wildman–Crippen MR) is 133 cm³/mol. The number of benzene rings is 2. The van der Waals surface area contributed by atoms with Crippen LogP contribution in [0.1, 0.15) is 17.5 Å². The number of hydrogen-bond donors (Lipinski definition) is 0. The summed E-state index contributed by atoms with van der Waals surface area (Å²) in [4.78, 5) is 29.4. The Morgan fingerprint density at radius 2 is 1.75 bits per heavy atom. The zero-order valence-electron chi connectivity index (χ0n) is 20.3. The van der Waals surface area contributed by atoms with E-state index in [0.717, 1.165) is 62.4 Å². The van der Waals surface area contributed by atoms with Crippen LogP contribution in [-0.2, 0) is 22.5 Å². The number of halogens is 2. The van der Waals surface area contributed by atoms with Gasteiger partial charge in [0.15, 0.2) is 11.6 Å². The minimum Gasteiger partial charge on any atom is -0.465 e. The van der Waals surface area contributed by atoms with E-state index in [1.807, 2.05) is 24.3 Å². The second-order valence-electron chi connectivity index (χ2n) is 9.06. The van der Waals surface area contributed by atoms with Crippen LogP contribution in [0.5, 0.6) is 0 Å². The molecule has 0 atom stereocenters. The lowest BCUT2D eigenvalue weighted by Gasteiger charge is -2.32. The highest BCUT2D eigenvalue weighted by molar-refractivity contribution is 5.72. The zero-order chi connectivity index (χ0) is 25.5. The Morgan fingerprint density at radius 1 is 0.972 bits per heavy atom. The first-order valence-corrected chi connectivity index (χ1v) is 12.1. The van der Waals surface area contributed by atoms with E-state index in [2.05, 4.69) is 21.9 Å². The van der Waals surface area contributed by atoms with Crippen molar-refractivity contribution in [2.75, 3.05) is 46.4 Å². The molecule has 9 heteroatoms. The average Bonchev–Trinajstić information content (AvgIpc) is 2.86. The number of carbonyl (C=O) groups excluding carboxylic acids is 1. The fraction of sp³-hybridized carbons (Fsp3) is 0.370. The van der Waals surface area contributed by atoms with Gasteiger partial charge in [-0.2, -0.15) is 5.10 Å². The number of hydrogen-bond acceptors (Lipinski definition) is 6. The second kappa shape index (κ2) is 12.0. The molecular formula is C27H30F2N4O3. The Hall–Kier alpha value is -3.43. The molecule has 0 unspecified atom stereocenters. The zero-order valence-corrected chi connectivity index (χ0v) is 20.3. The molecule has 1 aliphatic rings. The van der Waals surface area contributed by atoms with Gasteiger partial charge in [-0.1, -0.05) is 24.3 Å². The Balaban J connectivity index is 1.32. The maximum absolute atomic E-state index is 13.6. The summed E-state index contributed by atoms with van der Waals surface area (Å²) in [6, 6.07) is 13.6. The van der Waals surface area contributed by atoms with Gasteiger partial charge >= 0.3 is 5.97 Å². The number of piperazine rings is 1. The van der Waals surface area contributed by atoms with E-state index in [4.69, 9.17) is 4.74 Å². The number of esters is 1. The van der Waals surface area contributed by atoms with E-state index < -0.39 is 11.6 Å². The van der Waals surface area contributed by atoms with Crippen molar-refractivity contribution in [1.29, 1.82) is 0 Å². The molecule has 2 aromatic carbocycles. The molecule has 36 heavy (non-hydrogen) atoms. The summed E-state index contributed by atoms with van der Waals surface area (Å²) < 4.78 is 33.6. The fourth-order valence-electron chi connectivity index (χ4n) is 4.15. The number of ether oxygens (including phenoxy) is 1. The number of aromatic nitrogens is 2. The third kappa shape index (κ3) is 7.05. The molecule has 1 saturated heterocycles. The van der Waals surface area contributed by atoms with Gasteiger partial charge in [-0.05, 0) is 48.9 Å². The topological polar surface area (TPSA) is 67.7 Å². The van der Waals surface area contributed by atoms with Crippen molar-refractivity contribution in [2.24, 2.45) is 0 Å². The van der Waals surface area contributed by atoms with Crippen LogP contribution in [0.3, 0.4) is 0 Å². The van der Waals surface area contributed by atoms with Gasteiger partial charge in [-0.3, -0.25) is 9.59 Å². The minimum absolute atomic E-state index is 0.138. The third-order valence-electron chi connectivity index (χ3n) is 6.23. The number of nitrogens with zero attached hydrogens (tertiary/aromatic N) is 4. The van der Waals surface area contributed by atoms with Crippen molar-refractivity contribution in [1.82, 2.24) is 19.6 Å². The standard InChI is InChI=1S/C27H30F2N4O3/c1-31-11-13-32(14-12-31)10-3-15-36-27(35)17-20-4-2-5-21(16-20)19-33-26(34)9-8-25(30-33)22-6-7-23(28)24(29)18-22/h2,4-9,16,18H,3,10-15,17,19H2,1H3. The molecule has 7 nitrogen and oxygen atoms in total. The van der Waals surface area contributed by atoms with Crippen molar-refractivity contribution in [3.63, 3.8) is 0 Å². The Labute approximate surface area is 208 Å². The SMILES string of the molecule is CN1CCN(CCCOC(=O)Cc2cccc(Cn3nc(-c4ccc(F)c(F)c4)ccc3=O)c2)CC1. The van der Waals surface area contributed by atoms with Gasteiger partial charge in [0.25, 0.3) is 5.56 Å². The van der Waals surface area contributed by atoms with Crippen LogP contribution < -0.4 is 5.56 Å². The van der Waals surface area contributed by atoms with Gasteiger partial charge in [0, 0.05) is 44.4 Å². The van der Waals surface area contributed by atoms with Gasteiger partial charge in [-0.15, -0.1) is 0 Å². The van der Waals surface area contributed by atoms with Crippen LogP contribution in [-0.4, -0.2) is 71.9 Å². The Bertz CT molecular complexity index is 1260. The molecule has 0 N–H and O–H groups in total. The lowest BCUT2D eigenvalue weighted by Crippen LogP contribution is -2.44. The van der Waals surface area contributed by atoms with Gasteiger partial charge in [-0.25, -0.2) is 13.5 Å². The van der Waals surface area contributed by atoms with Gasteiger partial charge in [0.05, 0.1) is 25.3 Å². The van der Waals surface area contributed by atoms with Crippen LogP contribution in [0.4, 0.5) is 8.78 Å².